The van der Waals surface area contributed by atoms with Gasteiger partial charge >= 0.3 is 0 Å². The maximum atomic E-state index is 13.8. The van der Waals surface area contributed by atoms with Crippen LogP contribution in [0.5, 0.6) is 0 Å². The third kappa shape index (κ3) is 4.21. The minimum absolute atomic E-state index is 0.00963. The summed E-state index contributed by atoms with van der Waals surface area (Å²) in [7, 11) is -3.15. The quantitative estimate of drug-likeness (QED) is 0.833. The van der Waals surface area contributed by atoms with Crippen LogP contribution in [0.2, 0.25) is 0 Å². The van der Waals surface area contributed by atoms with Crippen molar-refractivity contribution in [3.63, 3.8) is 0 Å². The average molecular weight is 396 g/mol. The lowest BCUT2D eigenvalue weighted by atomic mass is 10.2. The predicted molar refractivity (Wildman–Crippen MR) is 95.4 cm³/mol. The lowest BCUT2D eigenvalue weighted by Gasteiger charge is -2.26. The van der Waals surface area contributed by atoms with Crippen molar-refractivity contribution >= 4 is 27.4 Å². The molecule has 7 nitrogen and oxygen atoms in total. The molecule has 0 spiro atoms. The Morgan fingerprint density at radius 2 is 2.00 bits per heavy atom. The summed E-state index contributed by atoms with van der Waals surface area (Å²) < 4.78 is 50.9. The number of nitrogens with one attached hydrogen (secondary N) is 1. The molecule has 1 atom stereocenters. The van der Waals surface area contributed by atoms with Crippen molar-refractivity contribution in [2.45, 2.75) is 19.4 Å². The van der Waals surface area contributed by atoms with Gasteiger partial charge < -0.3 is 10.2 Å². The Hall–Kier alpha value is -2.62. The Balaban J connectivity index is 1.83. The molecule has 1 aromatic heterocycles. The van der Waals surface area contributed by atoms with Crippen LogP contribution in [0.4, 0.5) is 20.4 Å². The molecule has 3 rings (SSSR count). The SMILES string of the molecule is CCN(C(=O)c1ccnc(Nc2c(F)cccc2F)n1)C1CCS(=O)(=O)C1. The normalized spacial score (nSPS) is 18.3. The molecule has 1 fully saturated rings. The number of amides is 1. The van der Waals surface area contributed by atoms with E-state index in [1.807, 2.05) is 0 Å². The van der Waals surface area contributed by atoms with Gasteiger partial charge in [-0.15, -0.1) is 0 Å². The molecular formula is C17H18F2N4O3S. The molecule has 0 bridgehead atoms. The number of rotatable bonds is 5. The molecule has 1 saturated heterocycles. The van der Waals surface area contributed by atoms with Gasteiger partial charge in [0.25, 0.3) is 5.91 Å². The van der Waals surface area contributed by atoms with E-state index in [0.29, 0.717) is 13.0 Å². The summed E-state index contributed by atoms with van der Waals surface area (Å²) >= 11 is 0. The number of carbonyl (C=O) groups excluding carboxylic acids is 1. The molecule has 1 amide bonds. The van der Waals surface area contributed by atoms with Gasteiger partial charge in [-0.25, -0.2) is 27.2 Å². The van der Waals surface area contributed by atoms with Crippen LogP contribution in [0.1, 0.15) is 23.8 Å². The number of hydrogen-bond donors (Lipinski definition) is 1. The minimum Gasteiger partial charge on any atom is -0.334 e. The first-order valence-electron chi connectivity index (χ1n) is 8.36. The molecule has 2 aromatic rings. The summed E-state index contributed by atoms with van der Waals surface area (Å²) in [5.74, 6) is -2.27. The van der Waals surface area contributed by atoms with Crippen LogP contribution >= 0.6 is 0 Å². The van der Waals surface area contributed by atoms with Gasteiger partial charge in [-0.3, -0.25) is 4.79 Å². The molecule has 1 aliphatic heterocycles. The van der Waals surface area contributed by atoms with E-state index in [1.54, 1.807) is 6.92 Å². The zero-order valence-corrected chi connectivity index (χ0v) is 15.3. The number of anilines is 2. The first kappa shape index (κ1) is 19.2. The van der Waals surface area contributed by atoms with Crippen LogP contribution in [0.25, 0.3) is 0 Å². The maximum absolute atomic E-state index is 13.8. The number of nitrogens with zero attached hydrogens (tertiary/aromatic N) is 3. The van der Waals surface area contributed by atoms with Crippen molar-refractivity contribution in [3.05, 3.63) is 47.8 Å². The highest BCUT2D eigenvalue weighted by molar-refractivity contribution is 7.91. The molecule has 0 radical (unpaired) electrons. The van der Waals surface area contributed by atoms with Crippen LogP contribution in [0.15, 0.2) is 30.5 Å². The summed E-state index contributed by atoms with van der Waals surface area (Å²) in [6.07, 6.45) is 1.67. The number of halogens is 2. The molecule has 10 heteroatoms. The number of aromatic nitrogens is 2. The highest BCUT2D eigenvalue weighted by Gasteiger charge is 2.34. The van der Waals surface area contributed by atoms with Gasteiger partial charge in [-0.1, -0.05) is 6.07 Å². The van der Waals surface area contributed by atoms with Crippen molar-refractivity contribution in [2.24, 2.45) is 0 Å². The molecular weight excluding hydrogens is 378 g/mol. The second-order valence-corrected chi connectivity index (χ2v) is 8.36. The van der Waals surface area contributed by atoms with E-state index in [2.05, 4.69) is 15.3 Å². The van der Waals surface area contributed by atoms with Crippen LogP contribution in [0.3, 0.4) is 0 Å². The molecule has 1 aliphatic rings. The monoisotopic (exact) mass is 396 g/mol. The largest absolute Gasteiger partial charge is 0.334 e. The van der Waals surface area contributed by atoms with Gasteiger partial charge in [0.05, 0.1) is 11.5 Å². The Bertz CT molecular complexity index is 948. The van der Waals surface area contributed by atoms with E-state index in [0.717, 1.165) is 12.1 Å². The van der Waals surface area contributed by atoms with Crippen molar-refractivity contribution in [1.82, 2.24) is 14.9 Å². The average Bonchev–Trinajstić information content (AvgIpc) is 2.99. The third-order valence-corrected chi connectivity index (χ3v) is 6.08. The van der Waals surface area contributed by atoms with Crippen LogP contribution in [-0.2, 0) is 9.84 Å². The number of para-hydroxylation sites is 1. The van der Waals surface area contributed by atoms with E-state index in [4.69, 9.17) is 0 Å². The Labute approximate surface area is 155 Å². The Morgan fingerprint density at radius 3 is 2.59 bits per heavy atom. The molecule has 27 heavy (non-hydrogen) atoms. The molecule has 0 aliphatic carbocycles. The summed E-state index contributed by atoms with van der Waals surface area (Å²) in [6, 6.07) is 4.35. The number of benzene rings is 1. The maximum Gasteiger partial charge on any atom is 0.272 e. The second kappa shape index (κ2) is 7.55. The first-order valence-corrected chi connectivity index (χ1v) is 10.2. The first-order chi connectivity index (χ1) is 12.8. The third-order valence-electron chi connectivity index (χ3n) is 4.32. The van der Waals surface area contributed by atoms with E-state index >= 15 is 0 Å². The predicted octanol–water partition coefficient (Wildman–Crippen LogP) is 2.15. The highest BCUT2D eigenvalue weighted by atomic mass is 32.2. The van der Waals surface area contributed by atoms with Gasteiger partial charge in [-0.2, -0.15) is 0 Å². The van der Waals surface area contributed by atoms with Gasteiger partial charge in [-0.05, 0) is 31.5 Å². The summed E-state index contributed by atoms with van der Waals surface area (Å²) in [5.41, 5.74) is -0.410. The lowest BCUT2D eigenvalue weighted by molar-refractivity contribution is 0.0702. The van der Waals surface area contributed by atoms with Gasteiger partial charge in [0.1, 0.15) is 23.0 Å². The zero-order valence-electron chi connectivity index (χ0n) is 14.5. The molecule has 1 aromatic carbocycles. The van der Waals surface area contributed by atoms with E-state index in [1.165, 1.54) is 23.2 Å². The van der Waals surface area contributed by atoms with E-state index in [9.17, 15) is 22.0 Å². The van der Waals surface area contributed by atoms with E-state index in [-0.39, 0.29) is 23.1 Å². The number of carbonyl (C=O) groups is 1. The number of hydrogen-bond acceptors (Lipinski definition) is 6. The summed E-state index contributed by atoms with van der Waals surface area (Å²) in [5, 5.41) is 2.44. The highest BCUT2D eigenvalue weighted by Crippen LogP contribution is 2.22. The van der Waals surface area contributed by atoms with E-state index < -0.39 is 39.1 Å². The van der Waals surface area contributed by atoms with Gasteiger partial charge in [0.2, 0.25) is 5.95 Å². The lowest BCUT2D eigenvalue weighted by Crippen LogP contribution is -2.41. The molecule has 144 valence electrons. The van der Waals surface area contributed by atoms with Gasteiger partial charge in [0, 0.05) is 18.8 Å². The van der Waals surface area contributed by atoms with Crippen LogP contribution < -0.4 is 5.32 Å². The van der Waals surface area contributed by atoms with Gasteiger partial charge in [0.15, 0.2) is 9.84 Å². The van der Waals surface area contributed by atoms with Crippen molar-refractivity contribution in [2.75, 3.05) is 23.4 Å². The summed E-state index contributed by atoms with van der Waals surface area (Å²) in [6.45, 7) is 2.06. The summed E-state index contributed by atoms with van der Waals surface area (Å²) in [4.78, 5) is 22.1. The smallest absolute Gasteiger partial charge is 0.272 e. The van der Waals surface area contributed by atoms with Crippen LogP contribution in [0, 0.1) is 11.6 Å². The van der Waals surface area contributed by atoms with Crippen LogP contribution in [-0.4, -0.2) is 53.3 Å². The molecule has 2 heterocycles. The fraction of sp³-hybridized carbons (Fsp3) is 0.353. The van der Waals surface area contributed by atoms with Crippen molar-refractivity contribution in [3.8, 4) is 0 Å². The zero-order chi connectivity index (χ0) is 19.6. The minimum atomic E-state index is -3.15. The second-order valence-electron chi connectivity index (χ2n) is 6.14. The molecule has 0 saturated carbocycles. The molecule has 1 unspecified atom stereocenters. The Morgan fingerprint density at radius 1 is 1.30 bits per heavy atom. The molecule has 1 N–H and O–H groups in total. The topological polar surface area (TPSA) is 92.3 Å². The van der Waals surface area contributed by atoms with Crippen molar-refractivity contribution in [1.29, 1.82) is 0 Å². The fourth-order valence-electron chi connectivity index (χ4n) is 3.00. The number of sulfone groups is 1. The Kier molecular flexibility index (Phi) is 5.36. The standard InChI is InChI=1S/C17H18F2N4O3S/c1-2-23(11-7-9-27(25,26)10-11)16(24)14-6-8-20-17(21-14)22-15-12(18)4-3-5-13(15)19/h3-6,8,11H,2,7,9-10H2,1H3,(H,20,21,22). The fourth-order valence-corrected chi connectivity index (χ4v) is 4.73. The van der Waals surface area contributed by atoms with Crippen molar-refractivity contribution < 1.29 is 22.0 Å².